The van der Waals surface area contributed by atoms with Gasteiger partial charge in [-0.25, -0.2) is 0 Å². The minimum absolute atomic E-state index is 0.0888. The van der Waals surface area contributed by atoms with Gasteiger partial charge >= 0.3 is 5.97 Å². The van der Waals surface area contributed by atoms with Gasteiger partial charge in [-0.2, -0.15) is 0 Å². The average molecular weight is 312 g/mol. The van der Waals surface area contributed by atoms with Crippen molar-refractivity contribution < 1.29 is 14.6 Å². The Balaban J connectivity index is 2.81. The van der Waals surface area contributed by atoms with Crippen LogP contribution in [0.25, 0.3) is 0 Å². The van der Waals surface area contributed by atoms with Crippen LogP contribution in [0.15, 0.2) is 0 Å². The summed E-state index contributed by atoms with van der Waals surface area (Å²) in [6.07, 6.45) is 3.15. The summed E-state index contributed by atoms with van der Waals surface area (Å²) < 4.78 is 5.05. The highest BCUT2D eigenvalue weighted by Crippen LogP contribution is 2.49. The maximum atomic E-state index is 11.6. The molecule has 0 aromatic heterocycles. The number of aliphatic hydroxyl groups is 1. The summed E-state index contributed by atoms with van der Waals surface area (Å²) >= 11 is 0. The van der Waals surface area contributed by atoms with Crippen LogP contribution < -0.4 is 0 Å². The van der Waals surface area contributed by atoms with E-state index < -0.39 is 0 Å². The highest BCUT2D eigenvalue weighted by molar-refractivity contribution is 5.69. The third-order valence-electron chi connectivity index (χ3n) is 5.29. The van der Waals surface area contributed by atoms with Crippen molar-refractivity contribution in [2.75, 3.05) is 6.61 Å². The Morgan fingerprint density at radius 2 is 1.50 bits per heavy atom. The molecule has 3 unspecified atom stereocenters. The zero-order valence-corrected chi connectivity index (χ0v) is 15.6. The van der Waals surface area contributed by atoms with Crippen molar-refractivity contribution >= 4 is 5.97 Å². The highest BCUT2D eigenvalue weighted by Gasteiger charge is 2.45. The SMILES string of the molecule is CCOC(=O)CCC1CC(C(C)(C)C)C(O)[C@@H](C(C)(C)C)C1. The highest BCUT2D eigenvalue weighted by atomic mass is 16.5. The monoisotopic (exact) mass is 312 g/mol. The van der Waals surface area contributed by atoms with Crippen molar-refractivity contribution in [1.82, 2.24) is 0 Å². The van der Waals surface area contributed by atoms with Gasteiger partial charge in [0.2, 0.25) is 0 Å². The molecule has 0 aliphatic heterocycles. The summed E-state index contributed by atoms with van der Waals surface area (Å²) in [5, 5.41) is 10.9. The lowest BCUT2D eigenvalue weighted by Gasteiger charge is -2.49. The molecular weight excluding hydrogens is 276 g/mol. The molecule has 130 valence electrons. The molecule has 1 fully saturated rings. The largest absolute Gasteiger partial charge is 0.466 e. The summed E-state index contributed by atoms with van der Waals surface area (Å²) in [7, 11) is 0. The predicted octanol–water partition coefficient (Wildman–Crippen LogP) is 4.43. The minimum atomic E-state index is -0.251. The summed E-state index contributed by atoms with van der Waals surface area (Å²) in [6.45, 7) is 15.6. The van der Waals surface area contributed by atoms with Crippen LogP contribution in [0.3, 0.4) is 0 Å². The van der Waals surface area contributed by atoms with E-state index in [9.17, 15) is 9.90 Å². The molecule has 22 heavy (non-hydrogen) atoms. The lowest BCUT2D eigenvalue weighted by molar-refractivity contribution is -0.144. The van der Waals surface area contributed by atoms with Crippen molar-refractivity contribution in [3.63, 3.8) is 0 Å². The van der Waals surface area contributed by atoms with Crippen LogP contribution >= 0.6 is 0 Å². The van der Waals surface area contributed by atoms with Gasteiger partial charge < -0.3 is 9.84 Å². The normalized spacial score (nSPS) is 30.2. The van der Waals surface area contributed by atoms with Crippen LogP contribution in [-0.4, -0.2) is 23.8 Å². The van der Waals surface area contributed by atoms with E-state index in [2.05, 4.69) is 41.5 Å². The van der Waals surface area contributed by atoms with Crippen LogP contribution in [0.2, 0.25) is 0 Å². The van der Waals surface area contributed by atoms with Crippen LogP contribution in [-0.2, 0) is 9.53 Å². The Labute approximate surface area is 136 Å². The summed E-state index contributed by atoms with van der Waals surface area (Å²) in [4.78, 5) is 11.6. The molecule has 3 nitrogen and oxygen atoms in total. The lowest BCUT2D eigenvalue weighted by atomic mass is 9.58. The average Bonchev–Trinajstić information content (AvgIpc) is 2.35. The number of rotatable bonds is 4. The van der Waals surface area contributed by atoms with Crippen molar-refractivity contribution in [2.24, 2.45) is 28.6 Å². The smallest absolute Gasteiger partial charge is 0.305 e. The molecule has 0 bridgehead atoms. The molecule has 0 saturated heterocycles. The molecule has 3 heteroatoms. The number of ether oxygens (including phenoxy) is 1. The Hall–Kier alpha value is -0.570. The fourth-order valence-electron chi connectivity index (χ4n) is 3.90. The minimum Gasteiger partial charge on any atom is -0.466 e. The molecule has 1 N–H and O–H groups in total. The van der Waals surface area contributed by atoms with Gasteiger partial charge in [0.1, 0.15) is 0 Å². The second-order valence-corrected chi connectivity index (χ2v) is 9.12. The van der Waals surface area contributed by atoms with Crippen molar-refractivity contribution in [1.29, 1.82) is 0 Å². The standard InChI is InChI=1S/C19H36O3/c1-8-22-16(20)10-9-13-11-14(18(2,3)4)17(21)15(12-13)19(5,6)7/h13-15,17,21H,8-12H2,1-7H3/t13?,14-,15?,17?/m0/s1. The zero-order chi connectivity index (χ0) is 17.1. The molecule has 1 aliphatic carbocycles. The fraction of sp³-hybridized carbons (Fsp3) is 0.947. The maximum absolute atomic E-state index is 11.6. The summed E-state index contributed by atoms with van der Waals surface area (Å²) in [5.41, 5.74) is 0.178. The van der Waals surface area contributed by atoms with Crippen molar-refractivity contribution in [3.05, 3.63) is 0 Å². The van der Waals surface area contributed by atoms with Crippen LogP contribution in [0.4, 0.5) is 0 Å². The van der Waals surface area contributed by atoms with E-state index in [4.69, 9.17) is 4.74 Å². The molecule has 4 atom stereocenters. The lowest BCUT2D eigenvalue weighted by Crippen LogP contribution is -2.47. The first kappa shape index (κ1) is 19.5. The Kier molecular flexibility index (Phi) is 6.49. The van der Waals surface area contributed by atoms with Gasteiger partial charge in [0.15, 0.2) is 0 Å². The van der Waals surface area contributed by atoms with Gasteiger partial charge in [-0.1, -0.05) is 41.5 Å². The number of carbonyl (C=O) groups is 1. The summed E-state index contributed by atoms with van der Waals surface area (Å²) in [5.74, 6) is 0.991. The molecular formula is C19H36O3. The van der Waals surface area contributed by atoms with E-state index in [0.29, 0.717) is 18.9 Å². The third kappa shape index (κ3) is 5.26. The number of carbonyl (C=O) groups excluding carboxylic acids is 1. The van der Waals surface area contributed by atoms with Crippen LogP contribution in [0.1, 0.15) is 74.1 Å². The van der Waals surface area contributed by atoms with E-state index in [-0.39, 0.29) is 34.7 Å². The van der Waals surface area contributed by atoms with Crippen LogP contribution in [0.5, 0.6) is 0 Å². The Bertz CT molecular complexity index is 338. The number of hydrogen-bond donors (Lipinski definition) is 1. The van der Waals surface area contributed by atoms with Gasteiger partial charge in [0.05, 0.1) is 12.7 Å². The van der Waals surface area contributed by atoms with E-state index in [1.54, 1.807) is 0 Å². The van der Waals surface area contributed by atoms with Crippen LogP contribution in [0, 0.1) is 28.6 Å². The molecule has 1 rings (SSSR count). The fourth-order valence-corrected chi connectivity index (χ4v) is 3.90. The second-order valence-electron chi connectivity index (χ2n) is 9.12. The Morgan fingerprint density at radius 3 is 1.86 bits per heavy atom. The van der Waals surface area contributed by atoms with E-state index in [0.717, 1.165) is 19.3 Å². The second kappa shape index (κ2) is 7.33. The number of aliphatic hydroxyl groups excluding tert-OH is 1. The van der Waals surface area contributed by atoms with Gasteiger partial charge in [-0.15, -0.1) is 0 Å². The van der Waals surface area contributed by atoms with Gasteiger partial charge in [0.25, 0.3) is 0 Å². The molecule has 1 saturated carbocycles. The molecule has 0 aromatic rings. The maximum Gasteiger partial charge on any atom is 0.305 e. The molecule has 0 amide bonds. The van der Waals surface area contributed by atoms with Gasteiger partial charge in [-0.3, -0.25) is 4.79 Å². The van der Waals surface area contributed by atoms with E-state index >= 15 is 0 Å². The van der Waals surface area contributed by atoms with Crippen molar-refractivity contribution in [2.45, 2.75) is 80.3 Å². The third-order valence-corrected chi connectivity index (χ3v) is 5.29. The first-order valence-electron chi connectivity index (χ1n) is 8.80. The number of esters is 1. The predicted molar refractivity (Wildman–Crippen MR) is 90.5 cm³/mol. The number of hydrogen-bond acceptors (Lipinski definition) is 3. The molecule has 0 heterocycles. The topological polar surface area (TPSA) is 46.5 Å². The van der Waals surface area contributed by atoms with E-state index in [1.807, 2.05) is 6.92 Å². The first-order chi connectivity index (χ1) is 9.96. The molecule has 0 aromatic carbocycles. The molecule has 0 spiro atoms. The Morgan fingerprint density at radius 1 is 1.05 bits per heavy atom. The first-order valence-corrected chi connectivity index (χ1v) is 8.80. The molecule has 1 aliphatic rings. The van der Waals surface area contributed by atoms with Gasteiger partial charge in [0, 0.05) is 6.42 Å². The zero-order valence-electron chi connectivity index (χ0n) is 15.6. The van der Waals surface area contributed by atoms with E-state index in [1.165, 1.54) is 0 Å². The quantitative estimate of drug-likeness (QED) is 0.781. The molecule has 0 radical (unpaired) electrons. The summed E-state index contributed by atoms with van der Waals surface area (Å²) in [6, 6.07) is 0. The van der Waals surface area contributed by atoms with Crippen molar-refractivity contribution in [3.8, 4) is 0 Å². The van der Waals surface area contributed by atoms with Gasteiger partial charge in [-0.05, 0) is 54.8 Å².